The van der Waals surface area contributed by atoms with Crippen LogP contribution in [0.2, 0.25) is 0 Å². The van der Waals surface area contributed by atoms with Crippen molar-refractivity contribution in [1.29, 1.82) is 0 Å². The Morgan fingerprint density at radius 3 is 2.97 bits per heavy atom. The van der Waals surface area contributed by atoms with Crippen LogP contribution in [0, 0.1) is 24.6 Å². The summed E-state index contributed by atoms with van der Waals surface area (Å²) in [6.45, 7) is 7.95. The highest BCUT2D eigenvalue weighted by Crippen LogP contribution is 2.31. The van der Waals surface area contributed by atoms with E-state index in [0.29, 0.717) is 35.8 Å². The summed E-state index contributed by atoms with van der Waals surface area (Å²) in [5, 5.41) is 6.17. The van der Waals surface area contributed by atoms with Gasteiger partial charge < -0.3 is 24.7 Å². The summed E-state index contributed by atoms with van der Waals surface area (Å²) in [7, 11) is 0. The molecule has 0 radical (unpaired) electrons. The average Bonchev–Trinajstić information content (AvgIpc) is 3.54. The molecule has 0 bridgehead atoms. The van der Waals surface area contributed by atoms with Crippen LogP contribution in [0.15, 0.2) is 24.7 Å². The fourth-order valence-electron chi connectivity index (χ4n) is 4.79. The first-order chi connectivity index (χ1) is 16.0. The molecule has 5 rings (SSSR count). The van der Waals surface area contributed by atoms with Gasteiger partial charge in [0.05, 0.1) is 18.0 Å². The molecule has 2 aliphatic rings. The van der Waals surface area contributed by atoms with Crippen LogP contribution in [-0.2, 0) is 0 Å². The molecule has 2 N–H and O–H groups in total. The first-order valence-corrected chi connectivity index (χ1v) is 11.4. The summed E-state index contributed by atoms with van der Waals surface area (Å²) >= 11 is 0. The fraction of sp³-hybridized carbons (Fsp3) is 0.478. The van der Waals surface area contributed by atoms with E-state index < -0.39 is 11.7 Å². The number of halogens is 1. The summed E-state index contributed by atoms with van der Waals surface area (Å²) < 4.78 is 21.6. The van der Waals surface area contributed by atoms with Gasteiger partial charge in [-0.25, -0.2) is 14.4 Å². The Morgan fingerprint density at radius 2 is 2.18 bits per heavy atom. The summed E-state index contributed by atoms with van der Waals surface area (Å²) in [5.74, 6) is 1.15. The number of ether oxygens (including phenoxy) is 1. The molecule has 33 heavy (non-hydrogen) atoms. The monoisotopic (exact) mass is 453 g/mol. The molecule has 0 aliphatic carbocycles. The predicted molar refractivity (Wildman–Crippen MR) is 122 cm³/mol. The minimum Gasteiger partial charge on any atom is -0.477 e. The third kappa shape index (κ3) is 4.35. The van der Waals surface area contributed by atoms with E-state index in [-0.39, 0.29) is 17.1 Å². The van der Waals surface area contributed by atoms with Gasteiger partial charge in [-0.05, 0) is 51.6 Å². The lowest BCUT2D eigenvalue weighted by atomic mass is 9.91. The zero-order chi connectivity index (χ0) is 22.9. The molecule has 0 spiro atoms. The lowest BCUT2D eigenvalue weighted by Crippen LogP contribution is -2.26. The second-order valence-electron chi connectivity index (χ2n) is 8.71. The number of carbonyl (C=O) groups is 1. The average molecular weight is 454 g/mol. The molecule has 1 amide bonds. The van der Waals surface area contributed by atoms with Crippen molar-refractivity contribution in [1.82, 2.24) is 24.7 Å². The number of pyridine rings is 1. The quantitative estimate of drug-likeness (QED) is 0.592. The van der Waals surface area contributed by atoms with Crippen LogP contribution < -0.4 is 20.3 Å². The van der Waals surface area contributed by atoms with Crippen LogP contribution in [0.3, 0.4) is 0 Å². The fourth-order valence-corrected chi connectivity index (χ4v) is 4.79. The highest BCUT2D eigenvalue weighted by atomic mass is 19.1. The molecule has 10 heteroatoms. The largest absolute Gasteiger partial charge is 0.477 e. The normalized spacial score (nSPS) is 20.5. The molecule has 9 nitrogen and oxygen atoms in total. The van der Waals surface area contributed by atoms with E-state index in [1.165, 1.54) is 18.7 Å². The maximum atomic E-state index is 14.4. The standard InChI is InChI=1S/C23H28FN7O2/c1-3-33-22-18(21(32)28-17-8-19(24)20-27-14(2)11-31(20)13-17)10-26-23(29-22)30-7-5-16(12-30)15-4-6-25-9-15/h8,10-11,13,15-16,25H,3-7,9,12H2,1-2H3,(H,28,32). The van der Waals surface area contributed by atoms with E-state index >= 15 is 0 Å². The van der Waals surface area contributed by atoms with Crippen LogP contribution >= 0.6 is 0 Å². The zero-order valence-electron chi connectivity index (χ0n) is 18.8. The molecule has 5 heterocycles. The first kappa shape index (κ1) is 21.6. The van der Waals surface area contributed by atoms with Gasteiger partial charge in [0.15, 0.2) is 11.5 Å². The molecule has 3 aromatic heterocycles. The first-order valence-electron chi connectivity index (χ1n) is 11.4. The number of amides is 1. The Morgan fingerprint density at radius 1 is 1.30 bits per heavy atom. The van der Waals surface area contributed by atoms with Gasteiger partial charge in [0.1, 0.15) is 5.56 Å². The second-order valence-corrected chi connectivity index (χ2v) is 8.71. The van der Waals surface area contributed by atoms with Crippen LogP contribution in [0.1, 0.15) is 35.8 Å². The number of aryl methyl sites for hydroxylation is 1. The predicted octanol–water partition coefficient (Wildman–Crippen LogP) is 2.66. The van der Waals surface area contributed by atoms with E-state index in [9.17, 15) is 9.18 Å². The number of fused-ring (bicyclic) bond motifs is 1. The lowest BCUT2D eigenvalue weighted by Gasteiger charge is -2.20. The minimum absolute atomic E-state index is 0.207. The number of hydrogen-bond donors (Lipinski definition) is 2. The molecule has 174 valence electrons. The summed E-state index contributed by atoms with van der Waals surface area (Å²) in [6, 6.07) is 1.25. The Kier molecular flexibility index (Phi) is 5.84. The number of carbonyl (C=O) groups excluding carboxylic acids is 1. The zero-order valence-corrected chi connectivity index (χ0v) is 18.8. The number of rotatable bonds is 6. The van der Waals surface area contributed by atoms with Gasteiger partial charge in [-0.1, -0.05) is 0 Å². The Hall–Kier alpha value is -3.27. The number of anilines is 2. The molecule has 2 unspecified atom stereocenters. The van der Waals surface area contributed by atoms with Gasteiger partial charge in [0.2, 0.25) is 11.8 Å². The van der Waals surface area contributed by atoms with Crippen LogP contribution in [0.25, 0.3) is 5.65 Å². The summed E-state index contributed by atoms with van der Waals surface area (Å²) in [4.78, 5) is 28.3. The van der Waals surface area contributed by atoms with E-state index in [1.54, 1.807) is 23.7 Å². The molecule has 0 aromatic carbocycles. The number of aromatic nitrogens is 4. The van der Waals surface area contributed by atoms with Crippen molar-refractivity contribution in [2.45, 2.75) is 26.7 Å². The second kappa shape index (κ2) is 8.93. The van der Waals surface area contributed by atoms with E-state index in [0.717, 1.165) is 32.6 Å². The smallest absolute Gasteiger partial charge is 0.262 e. The maximum Gasteiger partial charge on any atom is 0.262 e. The van der Waals surface area contributed by atoms with Crippen molar-refractivity contribution in [3.63, 3.8) is 0 Å². The summed E-state index contributed by atoms with van der Waals surface area (Å²) in [6.07, 6.45) is 7.14. The summed E-state index contributed by atoms with van der Waals surface area (Å²) in [5.41, 5.74) is 1.42. The molecule has 2 atom stereocenters. The topological polar surface area (TPSA) is 96.7 Å². The van der Waals surface area contributed by atoms with Crippen molar-refractivity contribution in [2.24, 2.45) is 11.8 Å². The molecule has 2 fully saturated rings. The highest BCUT2D eigenvalue weighted by molar-refractivity contribution is 6.05. The Balaban J connectivity index is 1.35. The van der Waals surface area contributed by atoms with E-state index in [1.807, 2.05) is 6.92 Å². The van der Waals surface area contributed by atoms with Gasteiger partial charge in [-0.15, -0.1) is 0 Å². The van der Waals surface area contributed by atoms with Gasteiger partial charge in [-0.2, -0.15) is 4.98 Å². The third-order valence-corrected chi connectivity index (χ3v) is 6.42. The number of nitrogens with one attached hydrogen (secondary N) is 2. The molecular formula is C23H28FN7O2. The van der Waals surface area contributed by atoms with Gasteiger partial charge in [0.25, 0.3) is 5.91 Å². The van der Waals surface area contributed by atoms with Crippen LogP contribution in [0.4, 0.5) is 16.0 Å². The van der Waals surface area contributed by atoms with Gasteiger partial charge in [0, 0.05) is 37.7 Å². The maximum absolute atomic E-state index is 14.4. The van der Waals surface area contributed by atoms with Crippen LogP contribution in [-0.4, -0.2) is 58.0 Å². The molecule has 0 saturated carbocycles. The lowest BCUT2D eigenvalue weighted by molar-refractivity contribution is 0.102. The molecular weight excluding hydrogens is 425 g/mol. The molecule has 3 aromatic rings. The number of imidazole rings is 1. The minimum atomic E-state index is -0.515. The number of hydrogen-bond acceptors (Lipinski definition) is 7. The van der Waals surface area contributed by atoms with Crippen molar-refractivity contribution in [2.75, 3.05) is 43.0 Å². The Bertz CT molecular complexity index is 1180. The van der Waals surface area contributed by atoms with Gasteiger partial charge >= 0.3 is 0 Å². The molecule has 2 saturated heterocycles. The van der Waals surface area contributed by atoms with Crippen molar-refractivity contribution in [3.8, 4) is 5.88 Å². The third-order valence-electron chi connectivity index (χ3n) is 6.42. The Labute approximate surface area is 191 Å². The van der Waals surface area contributed by atoms with E-state index in [4.69, 9.17) is 4.74 Å². The molecule has 2 aliphatic heterocycles. The van der Waals surface area contributed by atoms with Crippen molar-refractivity contribution < 1.29 is 13.9 Å². The SMILES string of the molecule is CCOc1nc(N2CCC(C3CCNC3)C2)ncc1C(=O)Nc1cc(F)c2nc(C)cn2c1. The highest BCUT2D eigenvalue weighted by Gasteiger charge is 2.32. The van der Waals surface area contributed by atoms with Crippen molar-refractivity contribution in [3.05, 3.63) is 41.7 Å². The van der Waals surface area contributed by atoms with Crippen molar-refractivity contribution >= 4 is 23.2 Å². The number of nitrogens with zero attached hydrogens (tertiary/aromatic N) is 5. The van der Waals surface area contributed by atoms with Gasteiger partial charge in [-0.3, -0.25) is 4.79 Å². The van der Waals surface area contributed by atoms with E-state index in [2.05, 4.69) is 30.5 Å². The van der Waals surface area contributed by atoms with Crippen LogP contribution in [0.5, 0.6) is 5.88 Å².